The van der Waals surface area contributed by atoms with Gasteiger partial charge in [-0.25, -0.2) is 0 Å². The number of hydrogen-bond acceptors (Lipinski definition) is 3. The number of nitrogen functional groups attached to an aromatic ring is 1. The highest BCUT2D eigenvalue weighted by Crippen LogP contribution is 2.30. The predicted octanol–water partition coefficient (Wildman–Crippen LogP) is 4.19. The van der Waals surface area contributed by atoms with Gasteiger partial charge in [-0.05, 0) is 36.4 Å². The largest absolute Gasteiger partial charge is 0.397 e. The molecule has 2 aromatic carbocycles. The van der Waals surface area contributed by atoms with Gasteiger partial charge in [-0.1, -0.05) is 23.2 Å². The van der Waals surface area contributed by atoms with Crippen molar-refractivity contribution in [3.8, 4) is 6.07 Å². The average molecular weight is 278 g/mol. The van der Waals surface area contributed by atoms with Crippen LogP contribution in [0.2, 0.25) is 10.0 Å². The third kappa shape index (κ3) is 2.67. The van der Waals surface area contributed by atoms with Crippen LogP contribution in [0.5, 0.6) is 0 Å². The second-order valence-corrected chi connectivity index (χ2v) is 4.51. The molecule has 0 aliphatic carbocycles. The van der Waals surface area contributed by atoms with Crippen molar-refractivity contribution in [2.24, 2.45) is 0 Å². The minimum atomic E-state index is 0.508. The summed E-state index contributed by atoms with van der Waals surface area (Å²) in [6.45, 7) is 0. The molecule has 0 saturated carbocycles. The van der Waals surface area contributed by atoms with Crippen LogP contribution in [0.25, 0.3) is 0 Å². The Kier molecular flexibility index (Phi) is 3.61. The summed E-state index contributed by atoms with van der Waals surface area (Å²) >= 11 is 12.0. The number of nitriles is 1. The van der Waals surface area contributed by atoms with Gasteiger partial charge in [0.05, 0.1) is 33.7 Å². The maximum absolute atomic E-state index is 8.85. The number of benzene rings is 2. The van der Waals surface area contributed by atoms with Crippen molar-refractivity contribution in [1.29, 1.82) is 5.26 Å². The van der Waals surface area contributed by atoms with Crippen molar-refractivity contribution < 1.29 is 0 Å². The molecule has 0 amide bonds. The Labute approximate surface area is 115 Å². The zero-order valence-electron chi connectivity index (χ0n) is 9.24. The maximum atomic E-state index is 8.85. The number of hydrogen-bond donors (Lipinski definition) is 2. The fourth-order valence-corrected chi connectivity index (χ4v) is 1.81. The molecule has 0 spiro atoms. The monoisotopic (exact) mass is 277 g/mol. The summed E-state index contributed by atoms with van der Waals surface area (Å²) in [6.07, 6.45) is 0. The van der Waals surface area contributed by atoms with Gasteiger partial charge < -0.3 is 11.1 Å². The van der Waals surface area contributed by atoms with E-state index in [0.29, 0.717) is 32.7 Å². The van der Waals surface area contributed by atoms with Crippen molar-refractivity contribution in [2.45, 2.75) is 0 Å². The van der Waals surface area contributed by atoms with Gasteiger partial charge in [-0.3, -0.25) is 0 Å². The summed E-state index contributed by atoms with van der Waals surface area (Å²) < 4.78 is 0. The molecule has 5 heteroatoms. The van der Waals surface area contributed by atoms with Crippen LogP contribution in [0.4, 0.5) is 17.1 Å². The Morgan fingerprint density at radius 3 is 2.56 bits per heavy atom. The van der Waals surface area contributed by atoms with Crippen LogP contribution in [0.3, 0.4) is 0 Å². The molecule has 0 radical (unpaired) electrons. The lowest BCUT2D eigenvalue weighted by atomic mass is 10.2. The second-order valence-electron chi connectivity index (χ2n) is 3.66. The lowest BCUT2D eigenvalue weighted by Crippen LogP contribution is -1.97. The standard InChI is InChI=1S/C13H9Cl2N3/c14-9-2-4-11(17)13(6-9)18-12-5-8(7-16)1-3-10(12)15/h1-6,18H,17H2. The van der Waals surface area contributed by atoms with E-state index in [2.05, 4.69) is 11.4 Å². The summed E-state index contributed by atoms with van der Waals surface area (Å²) in [5.74, 6) is 0. The first-order valence-electron chi connectivity index (χ1n) is 5.12. The molecule has 0 fully saturated rings. The fourth-order valence-electron chi connectivity index (χ4n) is 1.47. The molecule has 2 aromatic rings. The number of nitrogens with zero attached hydrogens (tertiary/aromatic N) is 1. The van der Waals surface area contributed by atoms with Gasteiger partial charge >= 0.3 is 0 Å². The van der Waals surface area contributed by atoms with Gasteiger partial charge in [0.1, 0.15) is 0 Å². The van der Waals surface area contributed by atoms with E-state index in [0.717, 1.165) is 0 Å². The van der Waals surface area contributed by atoms with Crippen molar-refractivity contribution in [2.75, 3.05) is 11.1 Å². The van der Waals surface area contributed by atoms with E-state index < -0.39 is 0 Å². The quantitative estimate of drug-likeness (QED) is 0.809. The Morgan fingerprint density at radius 1 is 1.06 bits per heavy atom. The molecule has 0 aliphatic heterocycles. The predicted molar refractivity (Wildman–Crippen MR) is 75.3 cm³/mol. The van der Waals surface area contributed by atoms with Crippen molar-refractivity contribution in [3.05, 3.63) is 52.0 Å². The van der Waals surface area contributed by atoms with Crippen LogP contribution in [0.1, 0.15) is 5.56 Å². The van der Waals surface area contributed by atoms with E-state index in [1.807, 2.05) is 0 Å². The van der Waals surface area contributed by atoms with Crippen LogP contribution >= 0.6 is 23.2 Å². The minimum absolute atomic E-state index is 0.508. The van der Waals surface area contributed by atoms with Gasteiger partial charge in [0.25, 0.3) is 0 Å². The Hall–Kier alpha value is -1.89. The van der Waals surface area contributed by atoms with Crippen molar-refractivity contribution in [1.82, 2.24) is 0 Å². The van der Waals surface area contributed by atoms with Crippen LogP contribution in [0.15, 0.2) is 36.4 Å². The molecule has 3 nitrogen and oxygen atoms in total. The summed E-state index contributed by atoms with van der Waals surface area (Å²) in [5, 5.41) is 13.0. The molecular weight excluding hydrogens is 269 g/mol. The fraction of sp³-hybridized carbons (Fsp3) is 0. The molecule has 90 valence electrons. The molecule has 0 bridgehead atoms. The highest BCUT2D eigenvalue weighted by Gasteiger charge is 2.05. The van der Waals surface area contributed by atoms with E-state index in [4.69, 9.17) is 34.2 Å². The van der Waals surface area contributed by atoms with Gasteiger partial charge in [0.2, 0.25) is 0 Å². The number of nitrogens with two attached hydrogens (primary N) is 1. The molecule has 2 rings (SSSR count). The van der Waals surface area contributed by atoms with Crippen molar-refractivity contribution in [3.63, 3.8) is 0 Å². The molecule has 0 aliphatic rings. The van der Waals surface area contributed by atoms with E-state index in [1.54, 1.807) is 36.4 Å². The Bertz CT molecular complexity index is 633. The molecule has 0 atom stereocenters. The molecule has 0 saturated heterocycles. The third-order valence-corrected chi connectivity index (χ3v) is 2.94. The summed E-state index contributed by atoms with van der Waals surface area (Å²) in [5.41, 5.74) is 8.17. The molecule has 3 N–H and O–H groups in total. The summed E-state index contributed by atoms with van der Waals surface area (Å²) in [4.78, 5) is 0. The molecule has 0 unspecified atom stereocenters. The normalized spacial score (nSPS) is 9.83. The molecular formula is C13H9Cl2N3. The summed E-state index contributed by atoms with van der Waals surface area (Å²) in [7, 11) is 0. The second kappa shape index (κ2) is 5.18. The highest BCUT2D eigenvalue weighted by molar-refractivity contribution is 6.33. The van der Waals surface area contributed by atoms with Crippen LogP contribution < -0.4 is 11.1 Å². The number of halogens is 2. The van der Waals surface area contributed by atoms with Crippen LogP contribution in [-0.2, 0) is 0 Å². The van der Waals surface area contributed by atoms with E-state index >= 15 is 0 Å². The molecule has 18 heavy (non-hydrogen) atoms. The average Bonchev–Trinajstić information content (AvgIpc) is 2.36. The van der Waals surface area contributed by atoms with Crippen LogP contribution in [0, 0.1) is 11.3 Å². The summed E-state index contributed by atoms with van der Waals surface area (Å²) in [6, 6.07) is 12.1. The first-order valence-corrected chi connectivity index (χ1v) is 5.87. The molecule has 0 heterocycles. The number of rotatable bonds is 2. The SMILES string of the molecule is N#Cc1ccc(Cl)c(Nc2cc(Cl)ccc2N)c1. The highest BCUT2D eigenvalue weighted by atomic mass is 35.5. The minimum Gasteiger partial charge on any atom is -0.397 e. The lowest BCUT2D eigenvalue weighted by molar-refractivity contribution is 1.47. The van der Waals surface area contributed by atoms with E-state index in [1.165, 1.54) is 0 Å². The first kappa shape index (κ1) is 12.6. The zero-order chi connectivity index (χ0) is 13.1. The van der Waals surface area contributed by atoms with Gasteiger partial charge in [0, 0.05) is 5.02 Å². The first-order chi connectivity index (χ1) is 8.60. The topological polar surface area (TPSA) is 61.8 Å². The van der Waals surface area contributed by atoms with Crippen molar-refractivity contribution >= 4 is 40.3 Å². The van der Waals surface area contributed by atoms with Gasteiger partial charge in [-0.15, -0.1) is 0 Å². The lowest BCUT2D eigenvalue weighted by Gasteiger charge is -2.11. The smallest absolute Gasteiger partial charge is 0.0992 e. The number of nitrogens with one attached hydrogen (secondary N) is 1. The number of anilines is 3. The molecule has 0 aromatic heterocycles. The van der Waals surface area contributed by atoms with Crippen LogP contribution in [-0.4, -0.2) is 0 Å². The van der Waals surface area contributed by atoms with Gasteiger partial charge in [-0.2, -0.15) is 5.26 Å². The Balaban J connectivity index is 2.39. The van der Waals surface area contributed by atoms with Gasteiger partial charge in [0.15, 0.2) is 0 Å². The maximum Gasteiger partial charge on any atom is 0.0992 e. The Morgan fingerprint density at radius 2 is 1.83 bits per heavy atom. The zero-order valence-corrected chi connectivity index (χ0v) is 10.8. The van der Waals surface area contributed by atoms with E-state index in [9.17, 15) is 0 Å². The third-order valence-electron chi connectivity index (χ3n) is 2.38. The van der Waals surface area contributed by atoms with E-state index in [-0.39, 0.29) is 0 Å².